The summed E-state index contributed by atoms with van der Waals surface area (Å²) in [5.74, 6) is -0.602. The van der Waals surface area contributed by atoms with E-state index in [2.05, 4.69) is 5.32 Å². The zero-order valence-corrected chi connectivity index (χ0v) is 17.1. The standard InChI is InChI=1S/C20H21F3N2O4S/c1-13-11-25(12-14(2)29-13)30(27,28)18-9-7-17(8-10-18)24-19(26)15-3-5-16(6-4-15)20(21,22)23/h3-10,13-14H,11-12H2,1-2H3,(H,24,26). The summed E-state index contributed by atoms with van der Waals surface area (Å²) in [7, 11) is -3.71. The highest BCUT2D eigenvalue weighted by atomic mass is 32.2. The molecule has 0 bridgehead atoms. The summed E-state index contributed by atoms with van der Waals surface area (Å²) in [5, 5.41) is 2.54. The number of sulfonamides is 1. The van der Waals surface area contributed by atoms with Gasteiger partial charge in [0.2, 0.25) is 10.0 Å². The Balaban J connectivity index is 1.70. The van der Waals surface area contributed by atoms with Crippen molar-refractivity contribution >= 4 is 21.6 Å². The molecule has 0 aliphatic carbocycles. The number of amides is 1. The highest BCUT2D eigenvalue weighted by molar-refractivity contribution is 7.89. The fourth-order valence-corrected chi connectivity index (χ4v) is 4.79. The van der Waals surface area contributed by atoms with Crippen molar-refractivity contribution in [3.05, 3.63) is 59.7 Å². The molecule has 1 aliphatic rings. The van der Waals surface area contributed by atoms with Crippen LogP contribution in [0.2, 0.25) is 0 Å². The molecule has 162 valence electrons. The zero-order chi connectivity index (χ0) is 22.1. The molecule has 1 amide bonds. The van der Waals surface area contributed by atoms with Gasteiger partial charge in [-0.25, -0.2) is 8.42 Å². The van der Waals surface area contributed by atoms with E-state index in [1.165, 1.54) is 28.6 Å². The van der Waals surface area contributed by atoms with E-state index in [1.54, 1.807) is 13.8 Å². The van der Waals surface area contributed by atoms with Crippen LogP contribution in [0.5, 0.6) is 0 Å². The average Bonchev–Trinajstić information content (AvgIpc) is 2.67. The number of halogens is 3. The van der Waals surface area contributed by atoms with Crippen molar-refractivity contribution < 1.29 is 31.1 Å². The summed E-state index contributed by atoms with van der Waals surface area (Å²) < 4.78 is 70.5. The quantitative estimate of drug-likeness (QED) is 0.783. The second kappa shape index (κ2) is 8.37. The maximum absolute atomic E-state index is 12.8. The first-order valence-corrected chi connectivity index (χ1v) is 10.6. The van der Waals surface area contributed by atoms with Crippen molar-refractivity contribution in [2.45, 2.75) is 37.1 Å². The topological polar surface area (TPSA) is 75.7 Å². The van der Waals surface area contributed by atoms with Crippen molar-refractivity contribution in [2.24, 2.45) is 0 Å². The molecule has 3 rings (SSSR count). The van der Waals surface area contributed by atoms with Gasteiger partial charge in [-0.15, -0.1) is 0 Å². The van der Waals surface area contributed by atoms with Gasteiger partial charge in [0.15, 0.2) is 0 Å². The van der Waals surface area contributed by atoms with E-state index < -0.39 is 27.7 Å². The molecule has 6 nitrogen and oxygen atoms in total. The molecule has 30 heavy (non-hydrogen) atoms. The Bertz CT molecular complexity index is 996. The predicted octanol–water partition coefficient (Wildman–Crippen LogP) is 3.76. The van der Waals surface area contributed by atoms with Crippen LogP contribution in [0.4, 0.5) is 18.9 Å². The molecule has 1 heterocycles. The van der Waals surface area contributed by atoms with Crippen LogP contribution in [0, 0.1) is 0 Å². The molecule has 10 heteroatoms. The Hall–Kier alpha value is -2.43. The first kappa shape index (κ1) is 22.3. The number of benzene rings is 2. The van der Waals surface area contributed by atoms with Gasteiger partial charge in [-0.1, -0.05) is 0 Å². The predicted molar refractivity (Wildman–Crippen MR) is 105 cm³/mol. The summed E-state index contributed by atoms with van der Waals surface area (Å²) >= 11 is 0. The number of hydrogen-bond acceptors (Lipinski definition) is 4. The maximum atomic E-state index is 12.8. The smallest absolute Gasteiger partial charge is 0.373 e. The number of carbonyl (C=O) groups excluding carboxylic acids is 1. The summed E-state index contributed by atoms with van der Waals surface area (Å²) in [4.78, 5) is 12.3. The van der Waals surface area contributed by atoms with Gasteiger partial charge in [0.25, 0.3) is 5.91 Å². The molecule has 1 aliphatic heterocycles. The molecule has 2 aromatic rings. The Morgan fingerprint density at radius 1 is 1.00 bits per heavy atom. The normalized spacial score (nSPS) is 20.7. The van der Waals surface area contributed by atoms with Crippen molar-refractivity contribution in [2.75, 3.05) is 18.4 Å². The number of hydrogen-bond donors (Lipinski definition) is 1. The summed E-state index contributed by atoms with van der Waals surface area (Å²) in [6.45, 7) is 4.11. The molecule has 1 N–H and O–H groups in total. The van der Waals surface area contributed by atoms with E-state index in [1.807, 2.05) is 0 Å². The van der Waals surface area contributed by atoms with Gasteiger partial charge in [0.05, 0.1) is 22.7 Å². The Kier molecular flexibility index (Phi) is 6.21. The number of alkyl halides is 3. The third-order valence-corrected chi connectivity index (χ3v) is 6.46. The Labute approximate surface area is 172 Å². The number of carbonyl (C=O) groups is 1. The largest absolute Gasteiger partial charge is 0.416 e. The van der Waals surface area contributed by atoms with Gasteiger partial charge in [-0.3, -0.25) is 4.79 Å². The van der Waals surface area contributed by atoms with Crippen LogP contribution in [-0.2, 0) is 20.9 Å². The maximum Gasteiger partial charge on any atom is 0.416 e. The number of rotatable bonds is 4. The van der Waals surface area contributed by atoms with Crippen molar-refractivity contribution in [3.8, 4) is 0 Å². The first-order chi connectivity index (χ1) is 14.0. The van der Waals surface area contributed by atoms with Crippen molar-refractivity contribution in [3.63, 3.8) is 0 Å². The SMILES string of the molecule is CC1CN(S(=O)(=O)c2ccc(NC(=O)c3ccc(C(F)(F)F)cc3)cc2)CC(C)O1. The van der Waals surface area contributed by atoms with Crippen LogP contribution in [0.1, 0.15) is 29.8 Å². The van der Waals surface area contributed by atoms with Crippen molar-refractivity contribution in [1.82, 2.24) is 4.31 Å². The van der Waals surface area contributed by atoms with Crippen LogP contribution in [0.15, 0.2) is 53.4 Å². The fraction of sp³-hybridized carbons (Fsp3) is 0.350. The van der Waals surface area contributed by atoms with Crippen LogP contribution < -0.4 is 5.32 Å². The van der Waals surface area contributed by atoms with Gasteiger partial charge in [-0.2, -0.15) is 17.5 Å². The van der Waals surface area contributed by atoms with Gasteiger partial charge < -0.3 is 10.1 Å². The molecular weight excluding hydrogens is 421 g/mol. The molecule has 0 aromatic heterocycles. The lowest BCUT2D eigenvalue weighted by Gasteiger charge is -2.34. The minimum absolute atomic E-state index is 0.0518. The van der Waals surface area contributed by atoms with Gasteiger partial charge in [0.1, 0.15) is 0 Å². The minimum Gasteiger partial charge on any atom is -0.373 e. The van der Waals surface area contributed by atoms with Crippen LogP contribution in [0.25, 0.3) is 0 Å². The molecule has 2 unspecified atom stereocenters. The molecule has 2 atom stereocenters. The average molecular weight is 442 g/mol. The zero-order valence-electron chi connectivity index (χ0n) is 16.3. The van der Waals surface area contributed by atoms with Crippen LogP contribution in [0.3, 0.4) is 0 Å². The lowest BCUT2D eigenvalue weighted by molar-refractivity contribution is -0.137. The second-order valence-corrected chi connectivity index (χ2v) is 9.07. The first-order valence-electron chi connectivity index (χ1n) is 9.21. The van der Waals surface area contributed by atoms with Gasteiger partial charge in [-0.05, 0) is 62.4 Å². The molecule has 0 radical (unpaired) electrons. The van der Waals surface area contributed by atoms with Gasteiger partial charge in [0, 0.05) is 24.3 Å². The second-order valence-electron chi connectivity index (χ2n) is 7.13. The fourth-order valence-electron chi connectivity index (χ4n) is 3.20. The molecule has 1 fully saturated rings. The number of nitrogens with one attached hydrogen (secondary N) is 1. The lowest BCUT2D eigenvalue weighted by atomic mass is 10.1. The van der Waals surface area contributed by atoms with E-state index in [0.717, 1.165) is 24.3 Å². The molecule has 0 spiro atoms. The minimum atomic E-state index is -4.48. The van der Waals surface area contributed by atoms with Crippen molar-refractivity contribution in [1.29, 1.82) is 0 Å². The Morgan fingerprint density at radius 2 is 1.53 bits per heavy atom. The molecule has 0 saturated carbocycles. The number of morpholine rings is 1. The summed E-state index contributed by atoms with van der Waals surface area (Å²) in [6, 6.07) is 9.44. The third kappa shape index (κ3) is 5.00. The lowest BCUT2D eigenvalue weighted by Crippen LogP contribution is -2.48. The van der Waals surface area contributed by atoms with Crippen LogP contribution >= 0.6 is 0 Å². The van der Waals surface area contributed by atoms with Crippen LogP contribution in [-0.4, -0.2) is 43.9 Å². The monoisotopic (exact) mass is 442 g/mol. The molecule has 2 aromatic carbocycles. The summed E-state index contributed by atoms with van der Waals surface area (Å²) in [5.41, 5.74) is -0.473. The number of ether oxygens (including phenoxy) is 1. The van der Waals surface area contributed by atoms with E-state index in [0.29, 0.717) is 5.69 Å². The molecule has 1 saturated heterocycles. The van der Waals surface area contributed by atoms with E-state index >= 15 is 0 Å². The third-order valence-electron chi connectivity index (χ3n) is 4.61. The van der Waals surface area contributed by atoms with Gasteiger partial charge >= 0.3 is 6.18 Å². The van der Waals surface area contributed by atoms with E-state index in [-0.39, 0.29) is 35.8 Å². The number of nitrogens with zero attached hydrogens (tertiary/aromatic N) is 1. The van der Waals surface area contributed by atoms with E-state index in [9.17, 15) is 26.4 Å². The highest BCUT2D eigenvalue weighted by Gasteiger charge is 2.32. The summed E-state index contributed by atoms with van der Waals surface area (Å²) in [6.07, 6.45) is -4.91. The Morgan fingerprint density at radius 3 is 2.03 bits per heavy atom. The van der Waals surface area contributed by atoms with E-state index in [4.69, 9.17) is 4.74 Å². The number of anilines is 1. The molecular formula is C20H21F3N2O4S. The highest BCUT2D eigenvalue weighted by Crippen LogP contribution is 2.29.